The highest BCUT2D eigenvalue weighted by Crippen LogP contribution is 2.34. The first-order valence-corrected chi connectivity index (χ1v) is 6.66. The molecule has 106 valence electrons. The highest BCUT2D eigenvalue weighted by Gasteiger charge is 2.13. The first kappa shape index (κ1) is 13.8. The van der Waals surface area contributed by atoms with Crippen LogP contribution in [0.1, 0.15) is 5.69 Å². The van der Waals surface area contributed by atoms with Gasteiger partial charge in [0.15, 0.2) is 5.69 Å². The van der Waals surface area contributed by atoms with E-state index in [0.29, 0.717) is 17.1 Å². The molecule has 3 nitrogen and oxygen atoms in total. The Bertz CT molecular complexity index is 824. The zero-order valence-corrected chi connectivity index (χ0v) is 11.5. The summed E-state index contributed by atoms with van der Waals surface area (Å²) in [5.41, 5.74) is 1.74. The van der Waals surface area contributed by atoms with Crippen LogP contribution in [0.15, 0.2) is 66.9 Å². The molecule has 0 atom stereocenters. The Kier molecular flexibility index (Phi) is 3.80. The third-order valence-electron chi connectivity index (χ3n) is 3.12. The standard InChI is InChI=1S/C18H11FN2O/c19-14-6-8-15(9-7-14)22-17-10-11-21-16(12-20)18(17)13-4-2-1-3-5-13/h1-11H. The smallest absolute Gasteiger partial charge is 0.152 e. The van der Waals surface area contributed by atoms with Crippen LogP contribution in [0.25, 0.3) is 11.1 Å². The van der Waals surface area contributed by atoms with Gasteiger partial charge in [-0.15, -0.1) is 0 Å². The van der Waals surface area contributed by atoms with E-state index in [2.05, 4.69) is 11.1 Å². The quantitative estimate of drug-likeness (QED) is 0.710. The van der Waals surface area contributed by atoms with E-state index < -0.39 is 0 Å². The highest BCUT2D eigenvalue weighted by atomic mass is 19.1. The summed E-state index contributed by atoms with van der Waals surface area (Å²) in [5, 5.41) is 9.29. The van der Waals surface area contributed by atoms with Crippen LogP contribution in [-0.2, 0) is 0 Å². The fourth-order valence-corrected chi connectivity index (χ4v) is 2.13. The van der Waals surface area contributed by atoms with Gasteiger partial charge >= 0.3 is 0 Å². The van der Waals surface area contributed by atoms with Gasteiger partial charge in [-0.2, -0.15) is 5.26 Å². The van der Waals surface area contributed by atoms with E-state index in [-0.39, 0.29) is 11.5 Å². The minimum atomic E-state index is -0.330. The molecule has 0 fully saturated rings. The summed E-state index contributed by atoms with van der Waals surface area (Å²) in [5.74, 6) is 0.668. The van der Waals surface area contributed by atoms with Gasteiger partial charge in [0.25, 0.3) is 0 Å². The summed E-state index contributed by atoms with van der Waals surface area (Å²) in [6, 6.07) is 18.9. The zero-order chi connectivity index (χ0) is 15.4. The van der Waals surface area contributed by atoms with Crippen molar-refractivity contribution in [3.8, 4) is 28.7 Å². The van der Waals surface area contributed by atoms with Crippen LogP contribution in [0, 0.1) is 17.1 Å². The summed E-state index contributed by atoms with van der Waals surface area (Å²) in [6.07, 6.45) is 1.52. The second kappa shape index (κ2) is 6.06. The van der Waals surface area contributed by atoms with Crippen molar-refractivity contribution in [3.63, 3.8) is 0 Å². The molecule has 0 amide bonds. The Morgan fingerprint density at radius 1 is 0.955 bits per heavy atom. The molecule has 1 aromatic heterocycles. The molecule has 0 bridgehead atoms. The first-order chi connectivity index (χ1) is 10.8. The van der Waals surface area contributed by atoms with Crippen molar-refractivity contribution in [2.75, 3.05) is 0 Å². The molecule has 0 aliphatic rings. The predicted octanol–water partition coefficient (Wildman–Crippen LogP) is 4.55. The number of rotatable bonds is 3. The number of hydrogen-bond acceptors (Lipinski definition) is 3. The summed E-state index contributed by atoms with van der Waals surface area (Å²) in [4.78, 5) is 4.09. The molecule has 0 spiro atoms. The Balaban J connectivity index is 2.08. The average Bonchev–Trinajstić information content (AvgIpc) is 2.57. The number of halogens is 1. The van der Waals surface area contributed by atoms with E-state index in [4.69, 9.17) is 4.74 Å². The van der Waals surface area contributed by atoms with Gasteiger partial charge in [-0.1, -0.05) is 30.3 Å². The lowest BCUT2D eigenvalue weighted by Gasteiger charge is -2.12. The van der Waals surface area contributed by atoms with Crippen LogP contribution in [0.2, 0.25) is 0 Å². The second-order valence-electron chi connectivity index (χ2n) is 4.57. The van der Waals surface area contributed by atoms with E-state index >= 15 is 0 Å². The fraction of sp³-hybridized carbons (Fsp3) is 0. The molecular formula is C18H11FN2O. The van der Waals surface area contributed by atoms with Gasteiger partial charge < -0.3 is 4.74 Å². The van der Waals surface area contributed by atoms with Crippen LogP contribution in [0.4, 0.5) is 4.39 Å². The van der Waals surface area contributed by atoms with Crippen LogP contribution in [0.3, 0.4) is 0 Å². The van der Waals surface area contributed by atoms with Crippen molar-refractivity contribution in [2.45, 2.75) is 0 Å². The SMILES string of the molecule is N#Cc1nccc(Oc2ccc(F)cc2)c1-c1ccccc1. The number of nitriles is 1. The van der Waals surface area contributed by atoms with Crippen LogP contribution in [-0.4, -0.2) is 4.98 Å². The number of hydrogen-bond donors (Lipinski definition) is 0. The van der Waals surface area contributed by atoms with E-state index in [9.17, 15) is 9.65 Å². The number of benzene rings is 2. The maximum atomic E-state index is 13.0. The first-order valence-electron chi connectivity index (χ1n) is 6.66. The Labute approximate surface area is 127 Å². The normalized spacial score (nSPS) is 10.0. The molecule has 1 heterocycles. The summed E-state index contributed by atoms with van der Waals surface area (Å²) >= 11 is 0. The number of nitrogens with zero attached hydrogens (tertiary/aromatic N) is 2. The lowest BCUT2D eigenvalue weighted by Crippen LogP contribution is -1.94. The third-order valence-corrected chi connectivity index (χ3v) is 3.12. The van der Waals surface area contributed by atoms with Crippen molar-refractivity contribution in [1.29, 1.82) is 5.26 Å². The Morgan fingerprint density at radius 3 is 2.36 bits per heavy atom. The molecule has 2 aromatic carbocycles. The largest absolute Gasteiger partial charge is 0.457 e. The van der Waals surface area contributed by atoms with Gasteiger partial charge in [-0.05, 0) is 35.9 Å². The fourth-order valence-electron chi connectivity index (χ4n) is 2.13. The molecule has 0 aliphatic heterocycles. The molecule has 0 unspecified atom stereocenters. The molecule has 0 saturated heterocycles. The van der Waals surface area contributed by atoms with Crippen molar-refractivity contribution < 1.29 is 9.13 Å². The minimum Gasteiger partial charge on any atom is -0.457 e. The lowest BCUT2D eigenvalue weighted by molar-refractivity contribution is 0.481. The second-order valence-corrected chi connectivity index (χ2v) is 4.57. The number of pyridine rings is 1. The topological polar surface area (TPSA) is 45.9 Å². The van der Waals surface area contributed by atoms with Crippen LogP contribution >= 0.6 is 0 Å². The van der Waals surface area contributed by atoms with Crippen molar-refractivity contribution in [3.05, 3.63) is 78.4 Å². The summed E-state index contributed by atoms with van der Waals surface area (Å²) in [6.45, 7) is 0. The molecule has 3 rings (SSSR count). The molecule has 0 aliphatic carbocycles. The van der Waals surface area contributed by atoms with Gasteiger partial charge in [0, 0.05) is 6.20 Å². The molecule has 0 N–H and O–H groups in total. The maximum Gasteiger partial charge on any atom is 0.152 e. The molecule has 4 heteroatoms. The van der Waals surface area contributed by atoms with Crippen LogP contribution < -0.4 is 4.74 Å². The average molecular weight is 290 g/mol. The maximum absolute atomic E-state index is 13.0. The molecule has 22 heavy (non-hydrogen) atoms. The summed E-state index contributed by atoms with van der Waals surface area (Å²) < 4.78 is 18.8. The monoisotopic (exact) mass is 290 g/mol. The van der Waals surface area contributed by atoms with Gasteiger partial charge in [0.2, 0.25) is 0 Å². The molecule has 0 saturated carbocycles. The third kappa shape index (κ3) is 2.79. The van der Waals surface area contributed by atoms with Crippen molar-refractivity contribution in [2.24, 2.45) is 0 Å². The van der Waals surface area contributed by atoms with Crippen LogP contribution in [0.5, 0.6) is 11.5 Å². The van der Waals surface area contributed by atoms with Crippen molar-refractivity contribution in [1.82, 2.24) is 4.98 Å². The van der Waals surface area contributed by atoms with Crippen molar-refractivity contribution >= 4 is 0 Å². The summed E-state index contributed by atoms with van der Waals surface area (Å²) in [7, 11) is 0. The van der Waals surface area contributed by atoms with E-state index in [1.165, 1.54) is 30.5 Å². The van der Waals surface area contributed by atoms with Gasteiger partial charge in [-0.3, -0.25) is 0 Å². The zero-order valence-electron chi connectivity index (χ0n) is 11.5. The Hall–Kier alpha value is -3.19. The number of ether oxygens (including phenoxy) is 1. The molecule has 3 aromatic rings. The highest BCUT2D eigenvalue weighted by molar-refractivity contribution is 5.75. The van der Waals surface area contributed by atoms with Gasteiger partial charge in [0.05, 0.1) is 5.56 Å². The predicted molar refractivity (Wildman–Crippen MR) is 80.9 cm³/mol. The molecule has 0 radical (unpaired) electrons. The Morgan fingerprint density at radius 2 is 1.68 bits per heavy atom. The van der Waals surface area contributed by atoms with Gasteiger partial charge in [0.1, 0.15) is 23.4 Å². The minimum absolute atomic E-state index is 0.283. The van der Waals surface area contributed by atoms with Gasteiger partial charge in [-0.25, -0.2) is 9.37 Å². The van der Waals surface area contributed by atoms with E-state index in [1.807, 2.05) is 30.3 Å². The molecular weight excluding hydrogens is 279 g/mol. The van der Waals surface area contributed by atoms with E-state index in [0.717, 1.165) is 5.56 Å². The van der Waals surface area contributed by atoms with E-state index in [1.54, 1.807) is 6.07 Å². The number of aromatic nitrogens is 1. The lowest BCUT2D eigenvalue weighted by atomic mass is 10.0.